The summed E-state index contributed by atoms with van der Waals surface area (Å²) < 4.78 is 7.01. The van der Waals surface area contributed by atoms with Crippen molar-refractivity contribution < 1.29 is 4.74 Å². The van der Waals surface area contributed by atoms with Gasteiger partial charge in [-0.3, -0.25) is 4.40 Å². The number of thiazole rings is 1. The minimum absolute atomic E-state index is 0.762. The molecule has 0 aliphatic carbocycles. The average Bonchev–Trinajstić information content (AvgIpc) is 2.77. The van der Waals surface area contributed by atoms with E-state index in [0.717, 1.165) is 36.8 Å². The molecular weight excluding hydrogens is 210 g/mol. The third kappa shape index (κ3) is 2.77. The van der Waals surface area contributed by atoms with Crippen molar-refractivity contribution in [1.29, 1.82) is 0 Å². The predicted molar refractivity (Wildman–Crippen MR) is 61.5 cm³/mol. The third-order valence-corrected chi connectivity index (χ3v) is 2.95. The van der Waals surface area contributed by atoms with Crippen LogP contribution in [0.1, 0.15) is 5.69 Å². The van der Waals surface area contributed by atoms with Gasteiger partial charge in [-0.05, 0) is 0 Å². The highest BCUT2D eigenvalue weighted by atomic mass is 32.1. The van der Waals surface area contributed by atoms with E-state index in [1.807, 2.05) is 11.6 Å². The topological polar surface area (TPSA) is 38.6 Å². The van der Waals surface area contributed by atoms with Gasteiger partial charge < -0.3 is 10.1 Å². The second-order valence-electron chi connectivity index (χ2n) is 3.32. The highest BCUT2D eigenvalue weighted by Crippen LogP contribution is 2.11. The molecule has 0 bridgehead atoms. The second kappa shape index (κ2) is 5.25. The van der Waals surface area contributed by atoms with Gasteiger partial charge in [-0.15, -0.1) is 11.3 Å². The Hall–Kier alpha value is -0.910. The van der Waals surface area contributed by atoms with Crippen molar-refractivity contribution in [2.24, 2.45) is 0 Å². The van der Waals surface area contributed by atoms with E-state index in [4.69, 9.17) is 4.74 Å². The summed E-state index contributed by atoms with van der Waals surface area (Å²) in [5.74, 6) is 0. The molecule has 0 aliphatic heterocycles. The Kier molecular flexibility index (Phi) is 3.71. The molecule has 2 aromatic heterocycles. The SMILES string of the molecule is COCCNCCc1cn2ccsc2n1. The van der Waals surface area contributed by atoms with Crippen LogP contribution in [0, 0.1) is 0 Å². The summed E-state index contributed by atoms with van der Waals surface area (Å²) in [6.45, 7) is 2.62. The molecule has 0 radical (unpaired) electrons. The van der Waals surface area contributed by atoms with E-state index in [-0.39, 0.29) is 0 Å². The van der Waals surface area contributed by atoms with E-state index < -0.39 is 0 Å². The fraction of sp³-hybridized carbons (Fsp3) is 0.500. The van der Waals surface area contributed by atoms with Crippen molar-refractivity contribution >= 4 is 16.3 Å². The maximum Gasteiger partial charge on any atom is 0.193 e. The zero-order valence-corrected chi connectivity index (χ0v) is 9.59. The van der Waals surface area contributed by atoms with Gasteiger partial charge in [0.05, 0.1) is 12.3 Å². The van der Waals surface area contributed by atoms with Gasteiger partial charge in [0.2, 0.25) is 0 Å². The molecule has 0 atom stereocenters. The number of methoxy groups -OCH3 is 1. The Morgan fingerprint density at radius 1 is 1.53 bits per heavy atom. The Labute approximate surface area is 92.9 Å². The van der Waals surface area contributed by atoms with Gasteiger partial charge in [0, 0.05) is 44.4 Å². The number of fused-ring (bicyclic) bond motifs is 1. The first-order chi connectivity index (χ1) is 7.40. The first-order valence-electron chi connectivity index (χ1n) is 5.01. The maximum atomic E-state index is 4.95. The first kappa shape index (κ1) is 10.6. The normalized spacial score (nSPS) is 11.3. The van der Waals surface area contributed by atoms with Crippen molar-refractivity contribution in [1.82, 2.24) is 14.7 Å². The van der Waals surface area contributed by atoms with Crippen molar-refractivity contribution in [2.45, 2.75) is 6.42 Å². The number of aromatic nitrogens is 2. The molecule has 0 spiro atoms. The van der Waals surface area contributed by atoms with E-state index in [1.54, 1.807) is 18.4 Å². The Bertz CT molecular complexity index is 381. The van der Waals surface area contributed by atoms with Crippen LogP contribution in [0.15, 0.2) is 17.8 Å². The van der Waals surface area contributed by atoms with Gasteiger partial charge in [-0.1, -0.05) is 0 Å². The van der Waals surface area contributed by atoms with Crippen molar-refractivity contribution in [3.63, 3.8) is 0 Å². The number of nitrogens with one attached hydrogen (secondary N) is 1. The largest absolute Gasteiger partial charge is 0.383 e. The van der Waals surface area contributed by atoms with Crippen LogP contribution in [0.5, 0.6) is 0 Å². The molecule has 5 heteroatoms. The van der Waals surface area contributed by atoms with Crippen LogP contribution in [0.3, 0.4) is 0 Å². The van der Waals surface area contributed by atoms with Gasteiger partial charge in [-0.2, -0.15) is 0 Å². The van der Waals surface area contributed by atoms with E-state index in [9.17, 15) is 0 Å². The van der Waals surface area contributed by atoms with Crippen LogP contribution < -0.4 is 5.32 Å². The monoisotopic (exact) mass is 225 g/mol. The number of hydrogen-bond donors (Lipinski definition) is 1. The van der Waals surface area contributed by atoms with E-state index in [0.29, 0.717) is 0 Å². The summed E-state index contributed by atoms with van der Waals surface area (Å²) in [6.07, 6.45) is 5.09. The summed E-state index contributed by atoms with van der Waals surface area (Å²) in [7, 11) is 1.71. The molecule has 0 amide bonds. The minimum Gasteiger partial charge on any atom is -0.383 e. The Morgan fingerprint density at radius 2 is 2.47 bits per heavy atom. The lowest BCUT2D eigenvalue weighted by atomic mass is 10.3. The Morgan fingerprint density at radius 3 is 3.27 bits per heavy atom. The zero-order chi connectivity index (χ0) is 10.5. The summed E-state index contributed by atoms with van der Waals surface area (Å²) in [5.41, 5.74) is 1.15. The molecule has 0 saturated carbocycles. The van der Waals surface area contributed by atoms with Crippen LogP contribution in [0.25, 0.3) is 4.96 Å². The van der Waals surface area contributed by atoms with Crippen LogP contribution >= 0.6 is 11.3 Å². The van der Waals surface area contributed by atoms with Crippen molar-refractivity contribution in [2.75, 3.05) is 26.8 Å². The molecule has 0 saturated heterocycles. The molecule has 1 N–H and O–H groups in total. The van der Waals surface area contributed by atoms with Crippen LogP contribution in [-0.4, -0.2) is 36.2 Å². The molecule has 4 nitrogen and oxygen atoms in total. The quantitative estimate of drug-likeness (QED) is 0.750. The number of imidazole rings is 1. The lowest BCUT2D eigenvalue weighted by molar-refractivity contribution is 0.199. The van der Waals surface area contributed by atoms with Crippen LogP contribution in [0.4, 0.5) is 0 Å². The summed E-state index contributed by atoms with van der Waals surface area (Å²) in [6, 6.07) is 0. The van der Waals surface area contributed by atoms with Gasteiger partial charge in [0.15, 0.2) is 4.96 Å². The van der Waals surface area contributed by atoms with Crippen molar-refractivity contribution in [3.8, 4) is 0 Å². The second-order valence-corrected chi connectivity index (χ2v) is 4.19. The lowest BCUT2D eigenvalue weighted by Crippen LogP contribution is -2.21. The molecule has 0 unspecified atom stereocenters. The fourth-order valence-corrected chi connectivity index (χ4v) is 2.13. The Balaban J connectivity index is 1.77. The highest BCUT2D eigenvalue weighted by Gasteiger charge is 2.01. The van der Waals surface area contributed by atoms with Gasteiger partial charge in [-0.25, -0.2) is 4.98 Å². The zero-order valence-electron chi connectivity index (χ0n) is 8.77. The van der Waals surface area contributed by atoms with Gasteiger partial charge in [0.25, 0.3) is 0 Å². The molecule has 2 heterocycles. The predicted octanol–water partition coefficient (Wildman–Crippen LogP) is 1.17. The summed E-state index contributed by atoms with van der Waals surface area (Å²) >= 11 is 1.67. The van der Waals surface area contributed by atoms with E-state index in [2.05, 4.69) is 20.9 Å². The third-order valence-electron chi connectivity index (χ3n) is 2.18. The molecular formula is C10H15N3OS. The van der Waals surface area contributed by atoms with Gasteiger partial charge in [0.1, 0.15) is 0 Å². The maximum absolute atomic E-state index is 4.95. The molecule has 2 rings (SSSR count). The molecule has 15 heavy (non-hydrogen) atoms. The molecule has 0 fully saturated rings. The summed E-state index contributed by atoms with van der Waals surface area (Å²) in [4.78, 5) is 5.57. The van der Waals surface area contributed by atoms with E-state index >= 15 is 0 Å². The molecule has 0 aromatic carbocycles. The number of hydrogen-bond acceptors (Lipinski definition) is 4. The number of ether oxygens (including phenoxy) is 1. The van der Waals surface area contributed by atoms with Crippen LogP contribution in [0.2, 0.25) is 0 Å². The van der Waals surface area contributed by atoms with Gasteiger partial charge >= 0.3 is 0 Å². The van der Waals surface area contributed by atoms with Crippen LogP contribution in [-0.2, 0) is 11.2 Å². The van der Waals surface area contributed by atoms with Crippen molar-refractivity contribution in [3.05, 3.63) is 23.5 Å². The summed E-state index contributed by atoms with van der Waals surface area (Å²) in [5, 5.41) is 5.35. The first-order valence-corrected chi connectivity index (χ1v) is 5.89. The smallest absolute Gasteiger partial charge is 0.193 e. The standard InChI is InChI=1S/C10H15N3OS/c1-14-6-4-11-3-2-9-8-13-5-7-15-10(13)12-9/h5,7-8,11H,2-4,6H2,1H3. The molecule has 2 aromatic rings. The minimum atomic E-state index is 0.762. The highest BCUT2D eigenvalue weighted by molar-refractivity contribution is 7.15. The fourth-order valence-electron chi connectivity index (χ4n) is 1.41. The lowest BCUT2D eigenvalue weighted by Gasteiger charge is -2.01. The number of nitrogens with zero attached hydrogens (tertiary/aromatic N) is 2. The average molecular weight is 225 g/mol. The van der Waals surface area contributed by atoms with E-state index in [1.165, 1.54) is 0 Å². The molecule has 82 valence electrons. The molecule has 0 aliphatic rings. The number of rotatable bonds is 6.